The molecule has 8 heteroatoms. The summed E-state index contributed by atoms with van der Waals surface area (Å²) in [5.74, 6) is -0.280. The van der Waals surface area contributed by atoms with Crippen LogP contribution in [-0.2, 0) is 11.2 Å². The van der Waals surface area contributed by atoms with Gasteiger partial charge in [-0.3, -0.25) is 9.59 Å². The van der Waals surface area contributed by atoms with Gasteiger partial charge in [-0.25, -0.2) is 10.2 Å². The molecule has 168 valence electrons. The Morgan fingerprint density at radius 1 is 0.939 bits per heavy atom. The van der Waals surface area contributed by atoms with Crippen LogP contribution in [-0.4, -0.2) is 30.6 Å². The fourth-order valence-electron chi connectivity index (χ4n) is 3.76. The third-order valence-electron chi connectivity index (χ3n) is 5.42. The van der Waals surface area contributed by atoms with Crippen LogP contribution in [0.4, 0.5) is 5.69 Å². The predicted molar refractivity (Wildman–Crippen MR) is 123 cm³/mol. The largest absolute Gasteiger partial charge is 0.465 e. The van der Waals surface area contributed by atoms with Crippen molar-refractivity contribution < 1.29 is 23.5 Å². The van der Waals surface area contributed by atoms with Gasteiger partial charge >= 0.3 is 5.97 Å². The number of aryl methyl sites for hydroxylation is 1. The number of hydrogen-bond donors (Lipinski definition) is 2. The van der Waals surface area contributed by atoms with Crippen LogP contribution in [0.15, 0.2) is 64.1 Å². The highest BCUT2D eigenvalue weighted by Gasteiger charge is 2.28. The summed E-state index contributed by atoms with van der Waals surface area (Å²) in [6.45, 7) is 1.80. The fraction of sp³-hybridized carbons (Fsp3) is 0.200. The smallest absolute Gasteiger partial charge is 0.337 e. The summed E-state index contributed by atoms with van der Waals surface area (Å²) in [4.78, 5) is 36.8. The van der Waals surface area contributed by atoms with E-state index in [0.29, 0.717) is 46.7 Å². The van der Waals surface area contributed by atoms with Crippen LogP contribution in [0.5, 0.6) is 0 Å². The van der Waals surface area contributed by atoms with Gasteiger partial charge in [0.25, 0.3) is 11.8 Å². The first-order chi connectivity index (χ1) is 16.0. The van der Waals surface area contributed by atoms with Gasteiger partial charge in [-0.1, -0.05) is 18.2 Å². The van der Waals surface area contributed by atoms with Crippen LogP contribution in [0.2, 0.25) is 0 Å². The van der Waals surface area contributed by atoms with Gasteiger partial charge in [0.2, 0.25) is 0 Å². The number of benzene rings is 2. The molecule has 4 rings (SSSR count). The van der Waals surface area contributed by atoms with Gasteiger partial charge in [0.05, 0.1) is 18.4 Å². The van der Waals surface area contributed by atoms with E-state index >= 15 is 0 Å². The highest BCUT2D eigenvalue weighted by atomic mass is 16.5. The first kappa shape index (κ1) is 22.0. The number of amides is 2. The molecule has 0 saturated carbocycles. The van der Waals surface area contributed by atoms with Crippen molar-refractivity contribution in [1.29, 1.82) is 0 Å². The number of hydrazone groups is 1. The predicted octanol–water partition coefficient (Wildman–Crippen LogP) is 4.10. The molecular formula is C25H23N3O5. The van der Waals surface area contributed by atoms with Gasteiger partial charge in [0.1, 0.15) is 5.76 Å². The molecule has 1 aliphatic carbocycles. The number of methoxy groups -OCH3 is 1. The molecule has 0 bridgehead atoms. The normalized spacial score (nSPS) is 13.8. The Morgan fingerprint density at radius 2 is 1.67 bits per heavy atom. The molecule has 8 nitrogen and oxygen atoms in total. The number of rotatable bonds is 5. The summed E-state index contributed by atoms with van der Waals surface area (Å²) in [5.41, 5.74) is 6.14. The van der Waals surface area contributed by atoms with Crippen LogP contribution < -0.4 is 10.7 Å². The summed E-state index contributed by atoms with van der Waals surface area (Å²) in [7, 11) is 1.31. The Hall–Kier alpha value is -4.20. The maximum atomic E-state index is 12.9. The maximum absolute atomic E-state index is 12.9. The molecule has 3 aromatic rings. The number of hydrogen-bond acceptors (Lipinski definition) is 6. The van der Waals surface area contributed by atoms with Crippen molar-refractivity contribution >= 4 is 29.2 Å². The average Bonchev–Trinajstić information content (AvgIpc) is 3.20. The molecule has 0 saturated heterocycles. The number of carbonyl (C=O) groups excluding carboxylic acids is 3. The van der Waals surface area contributed by atoms with E-state index in [9.17, 15) is 14.4 Å². The van der Waals surface area contributed by atoms with Crippen LogP contribution in [0.25, 0.3) is 0 Å². The monoisotopic (exact) mass is 445 g/mol. The lowest BCUT2D eigenvalue weighted by Crippen LogP contribution is -2.22. The molecule has 0 fully saturated rings. The van der Waals surface area contributed by atoms with E-state index in [1.165, 1.54) is 7.11 Å². The Morgan fingerprint density at radius 3 is 2.36 bits per heavy atom. The molecule has 2 N–H and O–H groups in total. The number of fused-ring (bicyclic) bond motifs is 1. The Labute approximate surface area is 190 Å². The fourth-order valence-corrected chi connectivity index (χ4v) is 3.76. The number of anilines is 1. The topological polar surface area (TPSA) is 110 Å². The zero-order valence-corrected chi connectivity index (χ0v) is 18.3. The zero-order valence-electron chi connectivity index (χ0n) is 18.3. The molecule has 2 aromatic carbocycles. The second-order valence-electron chi connectivity index (χ2n) is 7.60. The van der Waals surface area contributed by atoms with E-state index in [2.05, 4.69) is 20.6 Å². The van der Waals surface area contributed by atoms with Crippen molar-refractivity contribution in [3.63, 3.8) is 0 Å². The number of esters is 1. The number of carbonyl (C=O) groups is 3. The molecule has 0 aliphatic heterocycles. The Bertz CT molecular complexity index is 1230. The summed E-state index contributed by atoms with van der Waals surface area (Å²) < 4.78 is 10.6. The van der Waals surface area contributed by atoms with Crippen molar-refractivity contribution in [2.45, 2.75) is 26.2 Å². The first-order valence-corrected chi connectivity index (χ1v) is 10.5. The third kappa shape index (κ3) is 4.69. The number of furan rings is 1. The lowest BCUT2D eigenvalue weighted by Gasteiger charge is -2.13. The minimum atomic E-state index is -0.450. The zero-order chi connectivity index (χ0) is 23.4. The number of ether oxygens (including phenoxy) is 1. The lowest BCUT2D eigenvalue weighted by atomic mass is 9.93. The highest BCUT2D eigenvalue weighted by Crippen LogP contribution is 2.30. The van der Waals surface area contributed by atoms with Gasteiger partial charge in [0.15, 0.2) is 5.76 Å². The highest BCUT2D eigenvalue weighted by molar-refractivity contribution is 6.09. The molecule has 0 atom stereocenters. The Balaban J connectivity index is 1.53. The molecular weight excluding hydrogens is 422 g/mol. The summed E-state index contributed by atoms with van der Waals surface area (Å²) >= 11 is 0. The number of nitrogens with zero attached hydrogens (tertiary/aromatic N) is 1. The molecule has 0 spiro atoms. The van der Waals surface area contributed by atoms with E-state index in [1.807, 2.05) is 6.07 Å². The minimum absolute atomic E-state index is 0.195. The Kier molecular flexibility index (Phi) is 6.35. The quantitative estimate of drug-likeness (QED) is 0.454. The van der Waals surface area contributed by atoms with Crippen LogP contribution >= 0.6 is 0 Å². The van der Waals surface area contributed by atoms with E-state index in [-0.39, 0.29) is 11.7 Å². The summed E-state index contributed by atoms with van der Waals surface area (Å²) in [6.07, 6.45) is 2.15. The maximum Gasteiger partial charge on any atom is 0.337 e. The van der Waals surface area contributed by atoms with Crippen LogP contribution in [0, 0.1) is 6.92 Å². The van der Waals surface area contributed by atoms with E-state index in [0.717, 1.165) is 12.0 Å². The van der Waals surface area contributed by atoms with Gasteiger partial charge < -0.3 is 14.5 Å². The van der Waals surface area contributed by atoms with Crippen molar-refractivity contribution in [3.8, 4) is 0 Å². The summed E-state index contributed by atoms with van der Waals surface area (Å²) in [6, 6.07) is 15.2. The first-order valence-electron chi connectivity index (χ1n) is 10.5. The van der Waals surface area contributed by atoms with E-state index in [1.54, 1.807) is 55.5 Å². The second kappa shape index (κ2) is 9.52. The second-order valence-corrected chi connectivity index (χ2v) is 7.60. The van der Waals surface area contributed by atoms with E-state index in [4.69, 9.17) is 4.42 Å². The minimum Gasteiger partial charge on any atom is -0.465 e. The van der Waals surface area contributed by atoms with Crippen molar-refractivity contribution in [2.75, 3.05) is 12.4 Å². The average molecular weight is 445 g/mol. The van der Waals surface area contributed by atoms with Crippen molar-refractivity contribution in [3.05, 3.63) is 88.4 Å². The SMILES string of the molecule is COC(=O)c1ccc(NC(=O)c2oc3c(c2C)/C(=N/NC(=O)c2ccccc2)CCC3)cc1. The standard InChI is InChI=1S/C25H23N3O5/c1-15-21-19(27-28-23(29)16-7-4-3-5-8-16)9-6-10-20(21)33-22(15)24(30)26-18-13-11-17(12-14-18)25(31)32-2/h3-5,7-8,11-14H,6,9-10H2,1-2H3,(H,26,30)(H,28,29)/b27-19+. The molecule has 0 unspecified atom stereocenters. The van der Waals surface area contributed by atoms with Crippen molar-refractivity contribution in [1.82, 2.24) is 5.43 Å². The molecule has 1 aliphatic rings. The van der Waals surface area contributed by atoms with Crippen LogP contribution in [0.3, 0.4) is 0 Å². The van der Waals surface area contributed by atoms with Crippen molar-refractivity contribution in [2.24, 2.45) is 5.10 Å². The molecule has 1 heterocycles. The van der Waals surface area contributed by atoms with Gasteiger partial charge in [0, 0.05) is 28.8 Å². The van der Waals surface area contributed by atoms with Gasteiger partial charge in [-0.15, -0.1) is 0 Å². The molecule has 33 heavy (non-hydrogen) atoms. The van der Waals surface area contributed by atoms with Gasteiger partial charge in [-0.05, 0) is 56.2 Å². The van der Waals surface area contributed by atoms with Crippen LogP contribution in [0.1, 0.15) is 61.0 Å². The van der Waals surface area contributed by atoms with E-state index < -0.39 is 11.9 Å². The molecule has 0 radical (unpaired) electrons. The number of nitrogens with one attached hydrogen (secondary N) is 2. The lowest BCUT2D eigenvalue weighted by molar-refractivity contribution is 0.0600. The summed E-state index contributed by atoms with van der Waals surface area (Å²) in [5, 5.41) is 7.12. The molecule has 1 aromatic heterocycles. The molecule has 2 amide bonds. The third-order valence-corrected chi connectivity index (χ3v) is 5.42. The van der Waals surface area contributed by atoms with Gasteiger partial charge in [-0.2, -0.15) is 5.10 Å².